The van der Waals surface area contributed by atoms with Gasteiger partial charge in [0.15, 0.2) is 4.32 Å². The summed E-state index contributed by atoms with van der Waals surface area (Å²) in [6.45, 7) is 0. The van der Waals surface area contributed by atoms with Crippen LogP contribution >= 0.6 is 58.2 Å². The predicted octanol–water partition coefficient (Wildman–Crippen LogP) is 4.99. The van der Waals surface area contributed by atoms with Gasteiger partial charge in [-0.1, -0.05) is 59.8 Å². The van der Waals surface area contributed by atoms with E-state index in [9.17, 15) is 9.59 Å². The molecule has 0 saturated carbocycles. The zero-order chi connectivity index (χ0) is 17.3. The third-order valence-corrected chi connectivity index (χ3v) is 5.62. The van der Waals surface area contributed by atoms with Crippen LogP contribution in [0.5, 0.6) is 0 Å². The van der Waals surface area contributed by atoms with Crippen LogP contribution in [0.2, 0.25) is 5.02 Å². The van der Waals surface area contributed by atoms with Crippen molar-refractivity contribution in [2.75, 3.05) is 0 Å². The molecule has 0 spiro atoms. The van der Waals surface area contributed by atoms with Crippen LogP contribution in [0.25, 0.3) is 6.08 Å². The molecule has 0 aliphatic carbocycles. The molecule has 0 unspecified atom stereocenters. The Morgan fingerprint density at radius 3 is 2.50 bits per heavy atom. The smallest absolute Gasteiger partial charge is 0.268 e. The van der Waals surface area contributed by atoms with Gasteiger partial charge in [0.2, 0.25) is 0 Å². The molecule has 1 fully saturated rings. The SMILES string of the molecule is O=C1/C(=C\c2ccc(I)cc2)SC(=S)N1C(=O)c1ccccc1Cl. The van der Waals surface area contributed by atoms with E-state index in [4.69, 9.17) is 23.8 Å². The fourth-order valence-electron chi connectivity index (χ4n) is 2.11. The van der Waals surface area contributed by atoms with E-state index in [-0.39, 0.29) is 14.9 Å². The van der Waals surface area contributed by atoms with Gasteiger partial charge in [-0.15, -0.1) is 0 Å². The first-order chi connectivity index (χ1) is 11.5. The van der Waals surface area contributed by atoms with E-state index in [0.29, 0.717) is 4.91 Å². The first-order valence-electron chi connectivity index (χ1n) is 6.80. The van der Waals surface area contributed by atoms with Gasteiger partial charge in [0.25, 0.3) is 11.8 Å². The maximum absolute atomic E-state index is 12.6. The van der Waals surface area contributed by atoms with Crippen LogP contribution in [-0.4, -0.2) is 21.0 Å². The van der Waals surface area contributed by atoms with Crippen molar-refractivity contribution in [3.8, 4) is 0 Å². The van der Waals surface area contributed by atoms with Crippen molar-refractivity contribution in [2.45, 2.75) is 0 Å². The van der Waals surface area contributed by atoms with Gasteiger partial charge >= 0.3 is 0 Å². The number of rotatable bonds is 2. The molecule has 0 N–H and O–H groups in total. The molecule has 2 amide bonds. The number of halogens is 2. The lowest BCUT2D eigenvalue weighted by Gasteiger charge is -2.13. The minimum atomic E-state index is -0.505. The Kier molecular flexibility index (Phi) is 5.39. The Morgan fingerprint density at radius 2 is 1.83 bits per heavy atom. The largest absolute Gasteiger partial charge is 0.273 e. The Morgan fingerprint density at radius 1 is 1.17 bits per heavy atom. The highest BCUT2D eigenvalue weighted by atomic mass is 127. The fourth-order valence-corrected chi connectivity index (χ4v) is 3.94. The van der Waals surface area contributed by atoms with Crippen molar-refractivity contribution in [2.24, 2.45) is 0 Å². The summed E-state index contributed by atoms with van der Waals surface area (Å²) in [7, 11) is 0. The van der Waals surface area contributed by atoms with E-state index in [2.05, 4.69) is 22.6 Å². The van der Waals surface area contributed by atoms with Crippen LogP contribution in [0.4, 0.5) is 0 Å². The summed E-state index contributed by atoms with van der Waals surface area (Å²) in [5.41, 5.74) is 1.13. The summed E-state index contributed by atoms with van der Waals surface area (Å²) in [5, 5.41) is 0.290. The molecule has 2 aromatic carbocycles. The Labute approximate surface area is 167 Å². The number of thiocarbonyl (C=S) groups is 1. The minimum Gasteiger partial charge on any atom is -0.268 e. The molecule has 1 aliphatic rings. The second kappa shape index (κ2) is 7.35. The topological polar surface area (TPSA) is 37.4 Å². The second-order valence-electron chi connectivity index (χ2n) is 4.85. The number of benzene rings is 2. The maximum atomic E-state index is 12.6. The van der Waals surface area contributed by atoms with Crippen LogP contribution < -0.4 is 0 Å². The maximum Gasteiger partial charge on any atom is 0.273 e. The summed E-state index contributed by atoms with van der Waals surface area (Å²) < 4.78 is 1.31. The van der Waals surface area contributed by atoms with Crippen molar-refractivity contribution in [1.29, 1.82) is 0 Å². The molecule has 0 bridgehead atoms. The molecule has 24 heavy (non-hydrogen) atoms. The van der Waals surface area contributed by atoms with Gasteiger partial charge in [0.05, 0.1) is 15.5 Å². The summed E-state index contributed by atoms with van der Waals surface area (Å²) >= 11 is 14.6. The molecule has 1 saturated heterocycles. The molecular weight excluding hydrogens is 477 g/mol. The normalized spacial score (nSPS) is 16.1. The van der Waals surface area contributed by atoms with Gasteiger partial charge in [0, 0.05) is 3.57 Å². The van der Waals surface area contributed by atoms with Crippen molar-refractivity contribution in [3.63, 3.8) is 0 Å². The number of nitrogens with zero attached hydrogens (tertiary/aromatic N) is 1. The number of hydrogen-bond donors (Lipinski definition) is 0. The molecule has 7 heteroatoms. The van der Waals surface area contributed by atoms with Crippen LogP contribution in [0.3, 0.4) is 0 Å². The molecule has 2 aromatic rings. The average Bonchev–Trinajstić information content (AvgIpc) is 2.83. The van der Waals surface area contributed by atoms with Crippen molar-refractivity contribution in [1.82, 2.24) is 4.90 Å². The summed E-state index contributed by atoms with van der Waals surface area (Å²) in [6, 6.07) is 14.3. The van der Waals surface area contributed by atoms with E-state index in [1.54, 1.807) is 30.3 Å². The van der Waals surface area contributed by atoms with Gasteiger partial charge in [-0.25, -0.2) is 4.90 Å². The third-order valence-electron chi connectivity index (χ3n) is 3.27. The van der Waals surface area contributed by atoms with E-state index in [1.807, 2.05) is 24.3 Å². The number of thioether (sulfide) groups is 1. The number of imide groups is 1. The Balaban J connectivity index is 1.91. The molecule has 0 atom stereocenters. The number of carbonyl (C=O) groups excluding carboxylic acids is 2. The second-order valence-corrected chi connectivity index (χ2v) is 8.18. The molecule has 3 rings (SSSR count). The molecule has 120 valence electrons. The lowest BCUT2D eigenvalue weighted by Crippen LogP contribution is -2.34. The van der Waals surface area contributed by atoms with Crippen molar-refractivity contribution < 1.29 is 9.59 Å². The van der Waals surface area contributed by atoms with Crippen LogP contribution in [-0.2, 0) is 4.79 Å². The molecule has 0 radical (unpaired) electrons. The van der Waals surface area contributed by atoms with Gasteiger partial charge < -0.3 is 0 Å². The highest BCUT2D eigenvalue weighted by Crippen LogP contribution is 2.34. The molecule has 0 aromatic heterocycles. The highest BCUT2D eigenvalue weighted by molar-refractivity contribution is 14.1. The number of amides is 2. The predicted molar refractivity (Wildman–Crippen MR) is 110 cm³/mol. The van der Waals surface area contributed by atoms with E-state index < -0.39 is 11.8 Å². The Hall–Kier alpha value is -1.22. The number of carbonyl (C=O) groups is 2. The van der Waals surface area contributed by atoms with Crippen LogP contribution in [0.1, 0.15) is 15.9 Å². The summed E-state index contributed by atoms with van der Waals surface area (Å²) in [5.74, 6) is -0.928. The molecular formula is C17H9ClINO2S2. The number of hydrogen-bond acceptors (Lipinski definition) is 4. The van der Waals surface area contributed by atoms with Gasteiger partial charge in [-0.2, -0.15) is 0 Å². The highest BCUT2D eigenvalue weighted by Gasteiger charge is 2.37. The average molecular weight is 486 g/mol. The third kappa shape index (κ3) is 3.56. The van der Waals surface area contributed by atoms with Crippen LogP contribution in [0, 0.1) is 3.57 Å². The zero-order valence-corrected chi connectivity index (χ0v) is 16.6. The Bertz CT molecular complexity index is 880. The lowest BCUT2D eigenvalue weighted by molar-refractivity contribution is -0.120. The first-order valence-corrected chi connectivity index (χ1v) is 9.48. The molecule has 3 nitrogen and oxygen atoms in total. The van der Waals surface area contributed by atoms with Gasteiger partial charge in [-0.05, 0) is 58.5 Å². The van der Waals surface area contributed by atoms with Gasteiger partial charge in [0.1, 0.15) is 0 Å². The minimum absolute atomic E-state index is 0.210. The quantitative estimate of drug-likeness (QED) is 0.260. The van der Waals surface area contributed by atoms with Crippen molar-refractivity contribution in [3.05, 3.63) is 73.2 Å². The van der Waals surface area contributed by atoms with Crippen LogP contribution in [0.15, 0.2) is 53.4 Å². The molecule has 1 heterocycles. The van der Waals surface area contributed by atoms with E-state index in [0.717, 1.165) is 25.8 Å². The first kappa shape index (κ1) is 17.6. The monoisotopic (exact) mass is 485 g/mol. The fraction of sp³-hybridized carbons (Fsp3) is 0. The molecule has 1 aliphatic heterocycles. The van der Waals surface area contributed by atoms with E-state index >= 15 is 0 Å². The van der Waals surface area contributed by atoms with Gasteiger partial charge in [-0.3, -0.25) is 9.59 Å². The summed E-state index contributed by atoms with van der Waals surface area (Å²) in [6.07, 6.45) is 1.73. The van der Waals surface area contributed by atoms with Crippen molar-refractivity contribution >= 4 is 80.4 Å². The standard InChI is InChI=1S/C17H9ClINO2S2/c18-13-4-2-1-3-12(13)15(21)20-16(22)14(24-17(20)23)9-10-5-7-11(19)8-6-10/h1-9H/b14-9+. The van der Waals surface area contributed by atoms with E-state index in [1.165, 1.54) is 0 Å². The summed E-state index contributed by atoms with van der Waals surface area (Å²) in [4.78, 5) is 26.6. The zero-order valence-electron chi connectivity index (χ0n) is 12.0. The lowest BCUT2D eigenvalue weighted by atomic mass is 10.2.